The van der Waals surface area contributed by atoms with Crippen LogP contribution < -0.4 is 4.72 Å². The van der Waals surface area contributed by atoms with Crippen molar-refractivity contribution < 1.29 is 22.4 Å². The number of hydrogen-bond donors (Lipinski definition) is 1. The number of carbonyl (C=O) groups is 1. The van der Waals surface area contributed by atoms with E-state index in [2.05, 4.69) is 4.72 Å². The Hall–Kier alpha value is -1.38. The second-order valence-electron chi connectivity index (χ2n) is 6.79. The SMILES string of the molecule is Cc1occc1C(=O)N1CCC2(CC1)C[C@H](NS(C)(=O)=O)CCO2. The Kier molecular flexibility index (Phi) is 4.72. The standard InChI is InChI=1S/C16H24N2O5S/c1-12-14(4-9-22-12)15(19)18-7-5-16(6-8-18)11-13(3-10-23-16)17-24(2,20)21/h4,9,13,17H,3,5-8,10-11H2,1-2H3/t13-/m1/s1. The molecule has 0 unspecified atom stereocenters. The minimum atomic E-state index is -3.22. The Balaban J connectivity index is 1.61. The van der Waals surface area contributed by atoms with Crippen molar-refractivity contribution in [3.63, 3.8) is 0 Å². The van der Waals surface area contributed by atoms with E-state index in [-0.39, 0.29) is 17.6 Å². The van der Waals surface area contributed by atoms with Crippen LogP contribution in [0.1, 0.15) is 41.8 Å². The molecular formula is C16H24N2O5S. The highest BCUT2D eigenvalue weighted by atomic mass is 32.2. The van der Waals surface area contributed by atoms with E-state index >= 15 is 0 Å². The third-order valence-corrected chi connectivity index (χ3v) is 5.69. The molecule has 2 aliphatic rings. The van der Waals surface area contributed by atoms with Crippen LogP contribution in [0.5, 0.6) is 0 Å². The smallest absolute Gasteiger partial charge is 0.257 e. The maximum atomic E-state index is 12.5. The minimum absolute atomic E-state index is 0.0160. The summed E-state index contributed by atoms with van der Waals surface area (Å²) in [6.45, 7) is 3.54. The van der Waals surface area contributed by atoms with Gasteiger partial charge in [0.2, 0.25) is 10.0 Å². The molecule has 3 heterocycles. The van der Waals surface area contributed by atoms with Gasteiger partial charge in [0.25, 0.3) is 5.91 Å². The molecular weight excluding hydrogens is 332 g/mol. The summed E-state index contributed by atoms with van der Waals surface area (Å²) in [4.78, 5) is 14.4. The summed E-state index contributed by atoms with van der Waals surface area (Å²) in [5.74, 6) is 0.615. The molecule has 1 aromatic heterocycles. The van der Waals surface area contributed by atoms with Crippen LogP contribution in [0.15, 0.2) is 16.7 Å². The first-order chi connectivity index (χ1) is 11.3. The van der Waals surface area contributed by atoms with Gasteiger partial charge in [0.15, 0.2) is 0 Å². The number of nitrogens with one attached hydrogen (secondary N) is 1. The second kappa shape index (κ2) is 6.50. The van der Waals surface area contributed by atoms with Crippen LogP contribution >= 0.6 is 0 Å². The van der Waals surface area contributed by atoms with Crippen molar-refractivity contribution >= 4 is 15.9 Å². The van der Waals surface area contributed by atoms with Gasteiger partial charge in [-0.25, -0.2) is 13.1 Å². The summed E-state index contributed by atoms with van der Waals surface area (Å²) in [6, 6.07) is 1.61. The molecule has 1 amide bonds. The lowest BCUT2D eigenvalue weighted by atomic mass is 9.82. The molecule has 24 heavy (non-hydrogen) atoms. The molecule has 1 aromatic rings. The summed E-state index contributed by atoms with van der Waals surface area (Å²) in [5.41, 5.74) is 0.273. The first-order valence-electron chi connectivity index (χ1n) is 8.23. The quantitative estimate of drug-likeness (QED) is 0.882. The Bertz CT molecular complexity index is 704. The average molecular weight is 356 g/mol. The number of sulfonamides is 1. The van der Waals surface area contributed by atoms with E-state index in [0.717, 1.165) is 12.8 Å². The van der Waals surface area contributed by atoms with E-state index in [4.69, 9.17) is 9.15 Å². The Labute approximate surface area is 142 Å². The number of nitrogens with zero attached hydrogens (tertiary/aromatic N) is 1. The fraction of sp³-hybridized carbons (Fsp3) is 0.688. The Morgan fingerprint density at radius 3 is 2.67 bits per heavy atom. The van der Waals surface area contributed by atoms with Crippen LogP contribution in [0, 0.1) is 6.92 Å². The molecule has 3 rings (SSSR count). The number of piperidine rings is 1. The first kappa shape index (κ1) is 17.4. The summed E-state index contributed by atoms with van der Waals surface area (Å²) in [5, 5.41) is 0. The van der Waals surface area contributed by atoms with Crippen LogP contribution in [0.25, 0.3) is 0 Å². The number of amides is 1. The summed E-state index contributed by atoms with van der Waals surface area (Å²) in [6.07, 6.45) is 5.50. The van der Waals surface area contributed by atoms with Crippen LogP contribution in [0.4, 0.5) is 0 Å². The fourth-order valence-electron chi connectivity index (χ4n) is 3.67. The zero-order valence-electron chi connectivity index (χ0n) is 14.1. The van der Waals surface area contributed by atoms with E-state index in [1.807, 2.05) is 4.90 Å². The minimum Gasteiger partial charge on any atom is -0.469 e. The highest BCUT2D eigenvalue weighted by Crippen LogP contribution is 2.35. The van der Waals surface area contributed by atoms with E-state index < -0.39 is 10.0 Å². The lowest BCUT2D eigenvalue weighted by Crippen LogP contribution is -2.54. The monoisotopic (exact) mass is 356 g/mol. The Morgan fingerprint density at radius 2 is 2.08 bits per heavy atom. The summed E-state index contributed by atoms with van der Waals surface area (Å²) < 4.78 is 36.8. The number of likely N-dealkylation sites (tertiary alicyclic amines) is 1. The van der Waals surface area contributed by atoms with Gasteiger partial charge < -0.3 is 14.1 Å². The van der Waals surface area contributed by atoms with Crippen LogP contribution in [0.2, 0.25) is 0 Å². The van der Waals surface area contributed by atoms with E-state index in [1.54, 1.807) is 13.0 Å². The van der Waals surface area contributed by atoms with Crippen molar-refractivity contribution in [2.45, 2.75) is 44.2 Å². The lowest BCUT2D eigenvalue weighted by Gasteiger charge is -2.46. The summed E-state index contributed by atoms with van der Waals surface area (Å²) in [7, 11) is -3.22. The zero-order valence-corrected chi connectivity index (χ0v) is 14.9. The van der Waals surface area contributed by atoms with Crippen molar-refractivity contribution in [1.82, 2.24) is 9.62 Å². The molecule has 0 aromatic carbocycles. The van der Waals surface area contributed by atoms with Gasteiger partial charge in [-0.2, -0.15) is 0 Å². The molecule has 134 valence electrons. The van der Waals surface area contributed by atoms with Gasteiger partial charge in [-0.3, -0.25) is 4.79 Å². The molecule has 1 atom stereocenters. The maximum absolute atomic E-state index is 12.5. The molecule has 0 saturated carbocycles. The number of ether oxygens (including phenoxy) is 1. The molecule has 2 aliphatic heterocycles. The predicted octanol–water partition coefficient (Wildman–Crippen LogP) is 1.29. The normalized spacial score (nSPS) is 24.2. The molecule has 2 saturated heterocycles. The number of furan rings is 1. The molecule has 7 nitrogen and oxygen atoms in total. The highest BCUT2D eigenvalue weighted by molar-refractivity contribution is 7.88. The van der Waals surface area contributed by atoms with Crippen LogP contribution in [-0.2, 0) is 14.8 Å². The van der Waals surface area contributed by atoms with Gasteiger partial charge in [-0.1, -0.05) is 0 Å². The average Bonchev–Trinajstić information content (AvgIpc) is 2.92. The zero-order chi connectivity index (χ0) is 17.4. The number of carbonyl (C=O) groups excluding carboxylic acids is 1. The third-order valence-electron chi connectivity index (χ3n) is 4.92. The van der Waals surface area contributed by atoms with Gasteiger partial charge >= 0.3 is 0 Å². The van der Waals surface area contributed by atoms with Gasteiger partial charge in [0.1, 0.15) is 5.76 Å². The van der Waals surface area contributed by atoms with Crippen molar-refractivity contribution in [1.29, 1.82) is 0 Å². The second-order valence-corrected chi connectivity index (χ2v) is 8.57. The lowest BCUT2D eigenvalue weighted by molar-refractivity contribution is -0.113. The summed E-state index contributed by atoms with van der Waals surface area (Å²) >= 11 is 0. The first-order valence-corrected chi connectivity index (χ1v) is 10.1. The van der Waals surface area contributed by atoms with Crippen molar-refractivity contribution in [3.05, 3.63) is 23.7 Å². The van der Waals surface area contributed by atoms with Gasteiger partial charge in [0, 0.05) is 25.7 Å². The molecule has 8 heteroatoms. The van der Waals surface area contributed by atoms with Crippen LogP contribution in [0.3, 0.4) is 0 Å². The molecule has 2 fully saturated rings. The van der Waals surface area contributed by atoms with Gasteiger partial charge in [-0.05, 0) is 38.7 Å². The Morgan fingerprint density at radius 1 is 1.38 bits per heavy atom. The van der Waals surface area contributed by atoms with Crippen molar-refractivity contribution in [2.24, 2.45) is 0 Å². The molecule has 0 bridgehead atoms. The van der Waals surface area contributed by atoms with E-state index in [1.165, 1.54) is 12.5 Å². The van der Waals surface area contributed by atoms with E-state index in [9.17, 15) is 13.2 Å². The predicted molar refractivity (Wildman–Crippen MR) is 88.3 cm³/mol. The highest BCUT2D eigenvalue weighted by Gasteiger charge is 2.42. The maximum Gasteiger partial charge on any atom is 0.257 e. The number of aryl methyl sites for hydroxylation is 1. The fourth-order valence-corrected chi connectivity index (χ4v) is 4.48. The topological polar surface area (TPSA) is 88.9 Å². The third kappa shape index (κ3) is 3.81. The van der Waals surface area contributed by atoms with Gasteiger partial charge in [-0.15, -0.1) is 0 Å². The number of rotatable bonds is 3. The van der Waals surface area contributed by atoms with E-state index in [0.29, 0.717) is 43.9 Å². The molecule has 1 spiro atoms. The van der Waals surface area contributed by atoms with Crippen molar-refractivity contribution in [2.75, 3.05) is 26.0 Å². The number of hydrogen-bond acceptors (Lipinski definition) is 5. The van der Waals surface area contributed by atoms with Crippen molar-refractivity contribution in [3.8, 4) is 0 Å². The molecule has 0 aliphatic carbocycles. The van der Waals surface area contributed by atoms with Crippen LogP contribution in [-0.4, -0.2) is 56.8 Å². The van der Waals surface area contributed by atoms with Gasteiger partial charge in [0.05, 0.1) is 23.7 Å². The molecule has 1 N–H and O–H groups in total. The largest absolute Gasteiger partial charge is 0.469 e. The molecule has 0 radical (unpaired) electrons.